The predicted molar refractivity (Wildman–Crippen MR) is 125 cm³/mol. The average Bonchev–Trinajstić information content (AvgIpc) is 3.28. The number of aliphatic hydroxyl groups is 1. The van der Waals surface area contributed by atoms with Crippen molar-refractivity contribution in [2.75, 3.05) is 9.62 Å². The molecule has 3 heterocycles. The molecule has 0 unspecified atom stereocenters. The molecule has 10 nitrogen and oxygen atoms in total. The zero-order valence-electron chi connectivity index (χ0n) is 19.7. The van der Waals surface area contributed by atoms with Gasteiger partial charge in [0.25, 0.3) is 15.9 Å². The van der Waals surface area contributed by atoms with Crippen molar-refractivity contribution < 1.29 is 49.1 Å². The molecule has 1 aliphatic rings. The molecule has 0 saturated carbocycles. The highest BCUT2D eigenvalue weighted by Gasteiger charge is 2.37. The first-order chi connectivity index (χ1) is 18.8. The lowest BCUT2D eigenvalue weighted by Crippen LogP contribution is -2.31. The molecule has 0 atom stereocenters. The number of pyridine rings is 1. The van der Waals surface area contributed by atoms with Crippen LogP contribution < -0.4 is 14.4 Å². The number of anilines is 3. The molecule has 2 aromatic heterocycles. The van der Waals surface area contributed by atoms with Gasteiger partial charge in [-0.2, -0.15) is 18.2 Å². The Bertz CT molecular complexity index is 1670. The first-order valence-corrected chi connectivity index (χ1v) is 12.5. The van der Waals surface area contributed by atoms with Crippen molar-refractivity contribution in [3.05, 3.63) is 71.7 Å². The average molecular weight is 587 g/mol. The Morgan fingerprint density at radius 2 is 1.73 bits per heavy atom. The maximum atomic E-state index is 13.9. The largest absolute Gasteiger partial charge is 0.573 e. The van der Waals surface area contributed by atoms with Crippen molar-refractivity contribution in [1.82, 2.24) is 15.1 Å². The van der Waals surface area contributed by atoms with Crippen LogP contribution >= 0.6 is 0 Å². The van der Waals surface area contributed by atoms with Crippen molar-refractivity contribution in [3.8, 4) is 17.1 Å². The summed E-state index contributed by atoms with van der Waals surface area (Å²) in [6, 6.07) is 9.39. The minimum atomic E-state index is -5.01. The summed E-state index contributed by atoms with van der Waals surface area (Å²) < 4.78 is 115. The van der Waals surface area contributed by atoms with Crippen molar-refractivity contribution in [2.45, 2.75) is 30.6 Å². The first-order valence-electron chi connectivity index (χ1n) is 11.1. The van der Waals surface area contributed by atoms with Gasteiger partial charge in [0.1, 0.15) is 23.9 Å². The van der Waals surface area contributed by atoms with Gasteiger partial charge in [-0.15, -0.1) is 13.2 Å². The number of hydrogen-bond donors (Lipinski definition) is 2. The number of alkyl halides is 6. The minimum absolute atomic E-state index is 0.000905. The lowest BCUT2D eigenvalue weighted by atomic mass is 10.1. The molecule has 40 heavy (non-hydrogen) atoms. The number of nitrogens with one attached hydrogen (secondary N) is 1. The van der Waals surface area contributed by atoms with Crippen molar-refractivity contribution in [1.29, 1.82) is 0 Å². The third kappa shape index (κ3) is 5.24. The number of fused-ring (bicyclic) bond motifs is 2. The van der Waals surface area contributed by atoms with Crippen LogP contribution in [-0.2, 0) is 29.4 Å². The number of aliphatic hydroxyl groups excluding tert-OH is 1. The van der Waals surface area contributed by atoms with Gasteiger partial charge >= 0.3 is 12.5 Å². The molecule has 4 aromatic rings. The van der Waals surface area contributed by atoms with Gasteiger partial charge in [-0.3, -0.25) is 4.31 Å². The maximum absolute atomic E-state index is 13.9. The molecule has 0 saturated heterocycles. The molecule has 0 radical (unpaired) electrons. The molecule has 210 valence electrons. The second kappa shape index (κ2) is 9.67. The van der Waals surface area contributed by atoms with Gasteiger partial charge in [-0.1, -0.05) is 17.3 Å². The number of benzene rings is 2. The highest BCUT2D eigenvalue weighted by molar-refractivity contribution is 7.92. The van der Waals surface area contributed by atoms with Crippen molar-refractivity contribution in [2.24, 2.45) is 0 Å². The smallest absolute Gasteiger partial charge is 0.406 e. The van der Waals surface area contributed by atoms with E-state index in [0.717, 1.165) is 34.6 Å². The Balaban J connectivity index is 1.68. The fourth-order valence-corrected chi connectivity index (χ4v) is 5.39. The zero-order chi connectivity index (χ0) is 28.9. The summed E-state index contributed by atoms with van der Waals surface area (Å²) in [5.74, 6) is -1.28. The fourth-order valence-electron chi connectivity index (χ4n) is 3.91. The van der Waals surface area contributed by atoms with Crippen molar-refractivity contribution in [3.63, 3.8) is 0 Å². The molecule has 0 bridgehead atoms. The lowest BCUT2D eigenvalue weighted by molar-refractivity contribution is -0.274. The van der Waals surface area contributed by atoms with E-state index in [1.807, 2.05) is 0 Å². The Morgan fingerprint density at radius 1 is 1.00 bits per heavy atom. The number of halogens is 6. The summed E-state index contributed by atoms with van der Waals surface area (Å²) in [7, 11) is -4.60. The van der Waals surface area contributed by atoms with Crippen LogP contribution in [0.4, 0.5) is 43.5 Å². The van der Waals surface area contributed by atoms with Crippen molar-refractivity contribution >= 4 is 27.2 Å². The van der Waals surface area contributed by atoms with Gasteiger partial charge in [0.05, 0.1) is 22.8 Å². The summed E-state index contributed by atoms with van der Waals surface area (Å²) in [6.45, 7) is -1.16. The molecule has 1 aliphatic heterocycles. The van der Waals surface area contributed by atoms with Crippen LogP contribution in [0.1, 0.15) is 17.1 Å². The predicted octanol–water partition coefficient (Wildman–Crippen LogP) is 4.99. The second-order valence-electron chi connectivity index (χ2n) is 8.23. The number of ether oxygens (including phenoxy) is 1. The van der Waals surface area contributed by atoms with Crippen LogP contribution in [0.25, 0.3) is 11.4 Å². The number of rotatable bonds is 5. The quantitative estimate of drug-likeness (QED) is 0.310. The summed E-state index contributed by atoms with van der Waals surface area (Å²) in [6.07, 6.45) is -9.79. The Labute approximate surface area is 220 Å². The highest BCUT2D eigenvalue weighted by Crippen LogP contribution is 2.44. The molecular formula is C23H15F6N5O5S. The fraction of sp³-hybridized carbons (Fsp3) is 0.174. The summed E-state index contributed by atoms with van der Waals surface area (Å²) in [5, 5.41) is 15.8. The Hall–Kier alpha value is -4.38. The molecular weight excluding hydrogens is 572 g/mol. The summed E-state index contributed by atoms with van der Waals surface area (Å²) in [5.41, 5.74) is -1.23. The van der Waals surface area contributed by atoms with Gasteiger partial charge in [0.15, 0.2) is 0 Å². The van der Waals surface area contributed by atoms with Gasteiger partial charge in [0, 0.05) is 11.1 Å². The van der Waals surface area contributed by atoms with Crippen LogP contribution in [0.2, 0.25) is 0 Å². The number of hydrogen-bond acceptors (Lipinski definition) is 9. The standard InChI is InChI=1S/C23H15F6N5O5S/c24-22(25,26)17-9-4-12-10-34(40(36,37)14-7-5-13(6-8-14)38-23(27,28)29)19-15(21-32-18(11-35)39-33-21)2-1-3-16(19)30-20(12)31-17/h1-9,35H,10-11H2,(H,30,31). The lowest BCUT2D eigenvalue weighted by Gasteiger charge is -2.26. The first kappa shape index (κ1) is 27.2. The SMILES string of the molecule is O=S(=O)(c1ccc(OC(F)(F)F)cc1)N1Cc2ccc(C(F)(F)F)nc2Nc2cccc(-c3noc(CO)n3)c21. The van der Waals surface area contributed by atoms with E-state index in [1.54, 1.807) is 0 Å². The second-order valence-corrected chi connectivity index (χ2v) is 10.1. The van der Waals surface area contributed by atoms with E-state index in [9.17, 15) is 39.9 Å². The van der Waals surface area contributed by atoms with Crippen LogP contribution in [-0.4, -0.2) is 35.0 Å². The number of para-hydroxylation sites is 1. The summed E-state index contributed by atoms with van der Waals surface area (Å²) >= 11 is 0. The molecule has 0 aliphatic carbocycles. The van der Waals surface area contributed by atoms with E-state index in [-0.39, 0.29) is 40.0 Å². The molecule has 2 N–H and O–H groups in total. The minimum Gasteiger partial charge on any atom is -0.406 e. The normalized spacial score (nSPS) is 13.7. The van der Waals surface area contributed by atoms with Crippen LogP contribution in [0.15, 0.2) is 64.0 Å². The monoisotopic (exact) mass is 587 g/mol. The number of sulfonamides is 1. The number of nitrogens with zero attached hydrogens (tertiary/aromatic N) is 4. The van der Waals surface area contributed by atoms with Gasteiger partial charge < -0.3 is 19.7 Å². The topological polar surface area (TPSA) is 131 Å². The van der Waals surface area contributed by atoms with E-state index in [1.165, 1.54) is 18.2 Å². The molecule has 2 aromatic carbocycles. The molecule has 0 amide bonds. The maximum Gasteiger partial charge on any atom is 0.573 e. The van der Waals surface area contributed by atoms with Crippen LogP contribution in [0.3, 0.4) is 0 Å². The highest BCUT2D eigenvalue weighted by atomic mass is 32.2. The molecule has 5 rings (SSSR count). The molecule has 17 heteroatoms. The van der Waals surface area contributed by atoms with E-state index >= 15 is 0 Å². The molecule has 0 spiro atoms. The van der Waals surface area contributed by atoms with Gasteiger partial charge in [-0.05, 0) is 42.5 Å². The zero-order valence-corrected chi connectivity index (χ0v) is 20.5. The van der Waals surface area contributed by atoms with E-state index < -0.39 is 52.1 Å². The third-order valence-corrected chi connectivity index (χ3v) is 7.37. The summed E-state index contributed by atoms with van der Waals surface area (Å²) in [4.78, 5) is 7.19. The van der Waals surface area contributed by atoms with E-state index in [4.69, 9.17) is 4.52 Å². The number of aromatic nitrogens is 3. The van der Waals surface area contributed by atoms with E-state index in [2.05, 4.69) is 25.2 Å². The van der Waals surface area contributed by atoms with Crippen LogP contribution in [0.5, 0.6) is 5.75 Å². The van der Waals surface area contributed by atoms with Gasteiger partial charge in [0.2, 0.25) is 5.82 Å². The Kier molecular flexibility index (Phi) is 6.57. The van der Waals surface area contributed by atoms with Crippen LogP contribution in [0, 0.1) is 0 Å². The molecule has 0 fully saturated rings. The third-order valence-electron chi connectivity index (χ3n) is 5.61. The van der Waals surface area contributed by atoms with Gasteiger partial charge in [-0.25, -0.2) is 13.4 Å². The van der Waals surface area contributed by atoms with E-state index in [0.29, 0.717) is 6.07 Å². The Morgan fingerprint density at radius 3 is 2.35 bits per heavy atom.